The quantitative estimate of drug-likeness (QED) is 0.219. The molecule has 0 saturated carbocycles. The van der Waals surface area contributed by atoms with Crippen molar-refractivity contribution < 1.29 is 9.53 Å². The number of carbonyl (C=O) groups excluding carboxylic acids is 1. The van der Waals surface area contributed by atoms with Gasteiger partial charge in [-0.1, -0.05) is 76.6 Å². The number of nitrogens with zero attached hydrogens (tertiary/aromatic N) is 5. The highest BCUT2D eigenvalue weighted by atomic mass is 16.5. The molecule has 0 aliphatic heterocycles. The van der Waals surface area contributed by atoms with Gasteiger partial charge in [-0.05, 0) is 49.1 Å². The average molecular weight is 578 g/mol. The molecule has 6 rings (SSSR count). The van der Waals surface area contributed by atoms with Crippen LogP contribution in [-0.4, -0.2) is 30.4 Å². The lowest BCUT2D eigenvalue weighted by molar-refractivity contribution is 0.172. The SMILES string of the molecule is Cc1ccc(-n2nc(C(C)(C)C)cc2NC(=O)N[C@H]2CC[C@@H](Oc3ccn4c(C(C)C)nnc4c3)c3ccccc32)cc1. The van der Waals surface area contributed by atoms with Gasteiger partial charge in [0.1, 0.15) is 23.5 Å². The molecule has 0 spiro atoms. The van der Waals surface area contributed by atoms with E-state index in [0.717, 1.165) is 58.1 Å². The number of pyridine rings is 1. The summed E-state index contributed by atoms with van der Waals surface area (Å²) in [5.74, 6) is 2.57. The first-order valence-corrected chi connectivity index (χ1v) is 14.9. The van der Waals surface area contributed by atoms with E-state index in [-0.39, 0.29) is 29.5 Å². The van der Waals surface area contributed by atoms with E-state index in [1.54, 1.807) is 4.68 Å². The zero-order valence-corrected chi connectivity index (χ0v) is 25.6. The fourth-order valence-electron chi connectivity index (χ4n) is 5.57. The lowest BCUT2D eigenvalue weighted by Crippen LogP contribution is -2.36. The first kappa shape index (κ1) is 28.5. The maximum atomic E-state index is 13.4. The summed E-state index contributed by atoms with van der Waals surface area (Å²) in [6, 6.07) is 21.7. The molecular weight excluding hydrogens is 538 g/mol. The van der Waals surface area contributed by atoms with Crippen LogP contribution in [0.3, 0.4) is 0 Å². The predicted molar refractivity (Wildman–Crippen MR) is 168 cm³/mol. The van der Waals surface area contributed by atoms with Crippen molar-refractivity contribution in [3.63, 3.8) is 0 Å². The third-order valence-electron chi connectivity index (χ3n) is 7.94. The molecular formula is C34H39N7O2. The summed E-state index contributed by atoms with van der Waals surface area (Å²) in [4.78, 5) is 13.4. The third kappa shape index (κ3) is 5.84. The van der Waals surface area contributed by atoms with Gasteiger partial charge in [-0.2, -0.15) is 5.10 Å². The van der Waals surface area contributed by atoms with Crippen molar-refractivity contribution in [2.45, 2.75) is 77.9 Å². The Morgan fingerprint density at radius 1 is 0.977 bits per heavy atom. The number of aryl methyl sites for hydroxylation is 1. The van der Waals surface area contributed by atoms with Crippen LogP contribution in [0.15, 0.2) is 72.9 Å². The predicted octanol–water partition coefficient (Wildman–Crippen LogP) is 7.42. The van der Waals surface area contributed by atoms with E-state index in [1.807, 2.05) is 65.2 Å². The molecule has 5 aromatic rings. The molecule has 1 aliphatic rings. The minimum absolute atomic E-state index is 0.135. The van der Waals surface area contributed by atoms with Gasteiger partial charge in [0.2, 0.25) is 0 Å². The second-order valence-corrected chi connectivity index (χ2v) is 12.7. The summed E-state index contributed by atoms with van der Waals surface area (Å²) >= 11 is 0. The second kappa shape index (κ2) is 11.2. The molecule has 9 heteroatoms. The number of anilines is 1. The first-order valence-electron chi connectivity index (χ1n) is 14.9. The molecule has 2 amide bonds. The lowest BCUT2D eigenvalue weighted by Gasteiger charge is -2.32. The van der Waals surface area contributed by atoms with Crippen LogP contribution in [0.2, 0.25) is 0 Å². The molecule has 3 aromatic heterocycles. The van der Waals surface area contributed by atoms with Crippen molar-refractivity contribution >= 4 is 17.5 Å². The fourth-order valence-corrected chi connectivity index (χ4v) is 5.57. The minimum atomic E-state index is -0.272. The summed E-state index contributed by atoms with van der Waals surface area (Å²) in [7, 11) is 0. The van der Waals surface area contributed by atoms with Gasteiger partial charge in [0.25, 0.3) is 0 Å². The Kier molecular flexibility index (Phi) is 7.42. The van der Waals surface area contributed by atoms with Crippen molar-refractivity contribution in [1.29, 1.82) is 0 Å². The zero-order valence-electron chi connectivity index (χ0n) is 25.6. The normalized spacial score (nSPS) is 16.7. The van der Waals surface area contributed by atoms with Crippen LogP contribution < -0.4 is 15.4 Å². The molecule has 2 N–H and O–H groups in total. The monoisotopic (exact) mass is 577 g/mol. The highest BCUT2D eigenvalue weighted by Crippen LogP contribution is 2.39. The third-order valence-corrected chi connectivity index (χ3v) is 7.94. The zero-order chi connectivity index (χ0) is 30.3. The molecule has 0 radical (unpaired) electrons. The highest BCUT2D eigenvalue weighted by Gasteiger charge is 2.30. The average Bonchev–Trinajstić information content (AvgIpc) is 3.59. The van der Waals surface area contributed by atoms with Gasteiger partial charge < -0.3 is 10.1 Å². The molecule has 43 heavy (non-hydrogen) atoms. The van der Waals surface area contributed by atoms with Gasteiger partial charge in [-0.3, -0.25) is 9.72 Å². The Bertz CT molecular complexity index is 1760. The van der Waals surface area contributed by atoms with Crippen LogP contribution in [0.1, 0.15) is 93.7 Å². The van der Waals surface area contributed by atoms with E-state index in [9.17, 15) is 4.79 Å². The number of amides is 2. The Balaban J connectivity index is 1.20. The maximum Gasteiger partial charge on any atom is 0.320 e. The molecule has 1 aliphatic carbocycles. The Morgan fingerprint density at radius 3 is 2.44 bits per heavy atom. The van der Waals surface area contributed by atoms with Gasteiger partial charge in [0.15, 0.2) is 5.65 Å². The van der Waals surface area contributed by atoms with Crippen LogP contribution in [0.4, 0.5) is 10.6 Å². The summed E-state index contributed by atoms with van der Waals surface area (Å²) in [6.45, 7) is 12.6. The smallest absolute Gasteiger partial charge is 0.320 e. The van der Waals surface area contributed by atoms with E-state index in [4.69, 9.17) is 9.84 Å². The van der Waals surface area contributed by atoms with E-state index >= 15 is 0 Å². The van der Waals surface area contributed by atoms with Crippen molar-refractivity contribution in [3.05, 3.63) is 101 Å². The number of benzene rings is 2. The summed E-state index contributed by atoms with van der Waals surface area (Å²) in [6.07, 6.45) is 3.33. The van der Waals surface area contributed by atoms with Crippen LogP contribution in [0.5, 0.6) is 5.75 Å². The number of rotatable bonds is 6. The van der Waals surface area contributed by atoms with Crippen LogP contribution in [0.25, 0.3) is 11.3 Å². The van der Waals surface area contributed by atoms with Gasteiger partial charge in [-0.15, -0.1) is 10.2 Å². The molecule has 3 heterocycles. The molecule has 0 bridgehead atoms. The largest absolute Gasteiger partial charge is 0.486 e. The molecule has 0 fully saturated rings. The van der Waals surface area contributed by atoms with Crippen LogP contribution in [0, 0.1) is 6.92 Å². The van der Waals surface area contributed by atoms with E-state index in [2.05, 4.69) is 74.5 Å². The molecule has 9 nitrogen and oxygen atoms in total. The van der Waals surface area contributed by atoms with Crippen molar-refractivity contribution in [1.82, 2.24) is 29.7 Å². The Labute approximate surface area is 252 Å². The number of hydrogen-bond acceptors (Lipinski definition) is 5. The topological polar surface area (TPSA) is 98.4 Å². The number of fused-ring (bicyclic) bond motifs is 2. The molecule has 2 atom stereocenters. The number of aromatic nitrogens is 5. The summed E-state index contributed by atoms with van der Waals surface area (Å²) < 4.78 is 10.3. The van der Waals surface area contributed by atoms with E-state index in [0.29, 0.717) is 5.82 Å². The van der Waals surface area contributed by atoms with Crippen molar-refractivity contribution in [3.8, 4) is 11.4 Å². The second-order valence-electron chi connectivity index (χ2n) is 12.7. The van der Waals surface area contributed by atoms with Gasteiger partial charge in [0, 0.05) is 29.7 Å². The number of hydrogen-bond donors (Lipinski definition) is 2. The van der Waals surface area contributed by atoms with Crippen LogP contribution >= 0.6 is 0 Å². The summed E-state index contributed by atoms with van der Waals surface area (Å²) in [5.41, 5.74) is 5.68. The lowest BCUT2D eigenvalue weighted by atomic mass is 9.85. The Hall–Kier alpha value is -4.66. The van der Waals surface area contributed by atoms with Gasteiger partial charge in [0.05, 0.1) is 17.4 Å². The molecule has 222 valence electrons. The highest BCUT2D eigenvalue weighted by molar-refractivity contribution is 5.89. The number of nitrogens with one attached hydrogen (secondary N) is 2. The summed E-state index contributed by atoms with van der Waals surface area (Å²) in [5, 5.41) is 19.8. The number of carbonyl (C=O) groups is 1. The number of ether oxygens (including phenoxy) is 1. The Morgan fingerprint density at radius 2 is 1.72 bits per heavy atom. The number of urea groups is 1. The van der Waals surface area contributed by atoms with Gasteiger partial charge >= 0.3 is 6.03 Å². The van der Waals surface area contributed by atoms with Gasteiger partial charge in [-0.25, -0.2) is 9.48 Å². The van der Waals surface area contributed by atoms with E-state index in [1.165, 1.54) is 0 Å². The van der Waals surface area contributed by atoms with Crippen LogP contribution in [-0.2, 0) is 5.41 Å². The minimum Gasteiger partial charge on any atom is -0.486 e. The maximum absolute atomic E-state index is 13.4. The van der Waals surface area contributed by atoms with Crippen molar-refractivity contribution in [2.24, 2.45) is 0 Å². The fraction of sp³-hybridized carbons (Fsp3) is 0.353. The molecule has 0 unspecified atom stereocenters. The molecule has 0 saturated heterocycles. The van der Waals surface area contributed by atoms with E-state index < -0.39 is 0 Å². The van der Waals surface area contributed by atoms with Crippen molar-refractivity contribution in [2.75, 3.05) is 5.32 Å². The molecule has 2 aromatic carbocycles. The first-order chi connectivity index (χ1) is 20.6. The standard InChI is InChI=1S/C34H39N7O2/c1-21(2)32-38-37-31-19-24(17-18-40(31)32)43-28-16-15-27(25-9-7-8-10-26(25)28)35-33(42)36-30-20-29(34(4,5)6)39-41(30)23-13-11-22(3)12-14-23/h7-14,17-21,27-28H,15-16H2,1-6H3,(H2,35,36,42)/t27-,28+/m0/s1.